The van der Waals surface area contributed by atoms with E-state index in [2.05, 4.69) is 6.58 Å². The monoisotopic (exact) mass is 188 g/mol. The summed E-state index contributed by atoms with van der Waals surface area (Å²) in [7, 11) is -3.85. The molecule has 1 N–H and O–H groups in total. The van der Waals surface area contributed by atoms with E-state index >= 15 is 0 Å². The molecule has 0 fully saturated rings. The van der Waals surface area contributed by atoms with Crippen LogP contribution in [0.1, 0.15) is 21.2 Å². The summed E-state index contributed by atoms with van der Waals surface area (Å²) in [5.74, 6) is 0. The molecule has 0 aliphatic heterocycles. The van der Waals surface area contributed by atoms with E-state index in [1.165, 1.54) is 6.08 Å². The minimum Gasteiger partial charge on any atom is -1.00 e. The molecule has 0 aliphatic carbocycles. The normalized spacial score (nSPS) is 13.3. The van der Waals surface area contributed by atoms with Crippen molar-refractivity contribution in [1.29, 1.82) is 0 Å². The van der Waals surface area contributed by atoms with E-state index in [1.807, 2.05) is 0 Å². The quantitative estimate of drug-likeness (QED) is 0.326. The fourth-order valence-electron chi connectivity index (χ4n) is 0.685. The van der Waals surface area contributed by atoms with Gasteiger partial charge in [-0.15, -0.1) is 6.58 Å². The zero-order valence-corrected chi connectivity index (χ0v) is 9.76. The Morgan fingerprint density at radius 3 is 2.27 bits per heavy atom. The largest absolute Gasteiger partial charge is 1.00 e. The first-order valence-electron chi connectivity index (χ1n) is 3.09. The number of hydrogen-bond acceptors (Lipinski definition) is 2. The van der Waals surface area contributed by atoms with E-state index in [9.17, 15) is 8.42 Å². The molecular formula is C6H13NaO3S. The second kappa shape index (κ2) is 6.20. The molecule has 0 bridgehead atoms. The van der Waals surface area contributed by atoms with Crippen LogP contribution in [-0.2, 0) is 10.1 Å². The van der Waals surface area contributed by atoms with Crippen molar-refractivity contribution in [3.63, 3.8) is 0 Å². The summed E-state index contributed by atoms with van der Waals surface area (Å²) in [4.78, 5) is 0. The molecule has 0 aliphatic rings. The van der Waals surface area contributed by atoms with E-state index in [1.54, 1.807) is 6.92 Å². The average Bonchev–Trinajstić information content (AvgIpc) is 1.80. The van der Waals surface area contributed by atoms with E-state index < -0.39 is 15.4 Å². The van der Waals surface area contributed by atoms with Gasteiger partial charge >= 0.3 is 29.6 Å². The van der Waals surface area contributed by atoms with E-state index in [4.69, 9.17) is 4.55 Å². The number of rotatable bonds is 4. The Morgan fingerprint density at radius 1 is 1.73 bits per heavy atom. The standard InChI is InChI=1S/C6H12O3S.Na.H/c1-3-5-6(4-2)10(7,8)9;;/h3,6H,1,4-5H2,2H3,(H,7,8,9);;/q;+1;-1. The van der Waals surface area contributed by atoms with Crippen molar-refractivity contribution in [2.45, 2.75) is 25.0 Å². The maximum atomic E-state index is 10.5. The fourth-order valence-corrected chi connectivity index (χ4v) is 1.49. The summed E-state index contributed by atoms with van der Waals surface area (Å²) < 4.78 is 29.5. The molecule has 0 rings (SSSR count). The Balaban J connectivity index is -0.000000405. The third-order valence-corrected chi connectivity index (χ3v) is 2.67. The van der Waals surface area contributed by atoms with Gasteiger partial charge in [0.05, 0.1) is 5.25 Å². The van der Waals surface area contributed by atoms with Gasteiger partial charge in [0.1, 0.15) is 0 Å². The van der Waals surface area contributed by atoms with Crippen molar-refractivity contribution in [2.24, 2.45) is 0 Å². The van der Waals surface area contributed by atoms with Gasteiger partial charge in [0.2, 0.25) is 0 Å². The van der Waals surface area contributed by atoms with E-state index in [-0.39, 0.29) is 31.0 Å². The Labute approximate surface area is 91.4 Å². The van der Waals surface area contributed by atoms with Crippen LogP contribution in [0.2, 0.25) is 0 Å². The molecule has 5 heteroatoms. The van der Waals surface area contributed by atoms with Crippen molar-refractivity contribution < 1.29 is 44.0 Å². The molecule has 3 nitrogen and oxygen atoms in total. The molecule has 0 aromatic carbocycles. The van der Waals surface area contributed by atoms with Gasteiger partial charge in [0.25, 0.3) is 10.1 Å². The first-order chi connectivity index (χ1) is 4.52. The second-order valence-corrected chi connectivity index (χ2v) is 3.77. The zero-order valence-electron chi connectivity index (χ0n) is 7.95. The molecular weight excluding hydrogens is 175 g/mol. The molecule has 0 amide bonds. The molecule has 1 atom stereocenters. The van der Waals surface area contributed by atoms with Gasteiger partial charge in [-0.25, -0.2) is 0 Å². The second-order valence-electron chi connectivity index (χ2n) is 2.07. The van der Waals surface area contributed by atoms with Crippen LogP contribution in [0, 0.1) is 0 Å². The van der Waals surface area contributed by atoms with Crippen LogP contribution in [0.15, 0.2) is 12.7 Å². The summed E-state index contributed by atoms with van der Waals surface area (Å²) in [6, 6.07) is 0. The summed E-state index contributed by atoms with van der Waals surface area (Å²) >= 11 is 0. The summed E-state index contributed by atoms with van der Waals surface area (Å²) in [6.07, 6.45) is 2.22. The van der Waals surface area contributed by atoms with Gasteiger partial charge < -0.3 is 1.43 Å². The van der Waals surface area contributed by atoms with Crippen LogP contribution in [-0.4, -0.2) is 18.2 Å². The Hall–Kier alpha value is 0.650. The maximum absolute atomic E-state index is 10.5. The van der Waals surface area contributed by atoms with Crippen molar-refractivity contribution in [2.75, 3.05) is 0 Å². The SMILES string of the molecule is C=CCC(CC)S(=O)(=O)O.[H-].[Na+]. The van der Waals surface area contributed by atoms with E-state index in [0.717, 1.165) is 0 Å². The molecule has 0 saturated carbocycles. The topological polar surface area (TPSA) is 54.4 Å². The van der Waals surface area contributed by atoms with E-state index in [0.29, 0.717) is 12.8 Å². The number of hydrogen-bond donors (Lipinski definition) is 1. The molecule has 0 aromatic heterocycles. The predicted octanol–water partition coefficient (Wildman–Crippen LogP) is -1.65. The molecule has 11 heavy (non-hydrogen) atoms. The van der Waals surface area contributed by atoms with Crippen molar-refractivity contribution in [3.05, 3.63) is 12.7 Å². The van der Waals surface area contributed by atoms with Crippen LogP contribution >= 0.6 is 0 Å². The van der Waals surface area contributed by atoms with Crippen LogP contribution < -0.4 is 29.6 Å². The molecule has 0 spiro atoms. The van der Waals surface area contributed by atoms with Crippen molar-refractivity contribution >= 4 is 10.1 Å². The zero-order chi connectivity index (χ0) is 8.20. The molecule has 0 heterocycles. The van der Waals surface area contributed by atoms with Gasteiger partial charge in [0.15, 0.2) is 0 Å². The Bertz CT molecular complexity index is 203. The Kier molecular flexibility index (Phi) is 7.99. The maximum Gasteiger partial charge on any atom is 1.00 e. The third-order valence-electron chi connectivity index (χ3n) is 1.31. The van der Waals surface area contributed by atoms with Crippen molar-refractivity contribution in [1.82, 2.24) is 0 Å². The molecule has 0 aromatic rings. The molecule has 1 unspecified atom stereocenters. The summed E-state index contributed by atoms with van der Waals surface area (Å²) in [5.41, 5.74) is 0. The van der Waals surface area contributed by atoms with Gasteiger partial charge in [-0.3, -0.25) is 4.55 Å². The first kappa shape index (κ1) is 14.2. The van der Waals surface area contributed by atoms with Crippen LogP contribution in [0.4, 0.5) is 0 Å². The summed E-state index contributed by atoms with van der Waals surface area (Å²) in [5, 5.41) is -0.676. The molecule has 62 valence electrons. The first-order valence-corrected chi connectivity index (χ1v) is 4.59. The molecule has 0 saturated heterocycles. The summed E-state index contributed by atoms with van der Waals surface area (Å²) in [6.45, 7) is 5.10. The predicted molar refractivity (Wildman–Crippen MR) is 41.6 cm³/mol. The van der Waals surface area contributed by atoms with Crippen LogP contribution in [0.25, 0.3) is 0 Å². The fraction of sp³-hybridized carbons (Fsp3) is 0.667. The molecule has 0 radical (unpaired) electrons. The van der Waals surface area contributed by atoms with Gasteiger partial charge in [0, 0.05) is 0 Å². The van der Waals surface area contributed by atoms with Gasteiger partial charge in [-0.2, -0.15) is 8.42 Å². The number of allylic oxidation sites excluding steroid dienone is 1. The van der Waals surface area contributed by atoms with Crippen molar-refractivity contribution in [3.8, 4) is 0 Å². The third kappa shape index (κ3) is 5.87. The Morgan fingerprint density at radius 2 is 2.18 bits per heavy atom. The van der Waals surface area contributed by atoms with Crippen LogP contribution in [0.5, 0.6) is 0 Å². The minimum absolute atomic E-state index is 0. The van der Waals surface area contributed by atoms with Gasteiger partial charge in [-0.1, -0.05) is 13.0 Å². The van der Waals surface area contributed by atoms with Gasteiger partial charge in [-0.05, 0) is 12.8 Å². The average molecular weight is 188 g/mol. The smallest absolute Gasteiger partial charge is 1.00 e. The van der Waals surface area contributed by atoms with Crippen LogP contribution in [0.3, 0.4) is 0 Å². The minimum atomic E-state index is -3.85.